The fraction of sp³-hybridized carbons (Fsp3) is 0.571. The number of rotatable bonds is 5. The van der Waals surface area contributed by atoms with E-state index in [1.807, 2.05) is 0 Å². The molecule has 5 nitrogen and oxygen atoms in total. The average Bonchev–Trinajstić information content (AvgIpc) is 2.73. The first kappa shape index (κ1) is 17.7. The van der Waals surface area contributed by atoms with Crippen LogP contribution in [0.15, 0.2) is 9.59 Å². The molecule has 0 radical (unpaired) electrons. The van der Waals surface area contributed by atoms with Gasteiger partial charge in [-0.15, -0.1) is 11.3 Å². The van der Waals surface area contributed by atoms with E-state index in [0.29, 0.717) is 15.8 Å². The second kappa shape index (κ2) is 6.48. The zero-order valence-electron chi connectivity index (χ0n) is 13.0. The number of hydrogen-bond acceptors (Lipinski definition) is 4. The van der Waals surface area contributed by atoms with Crippen LogP contribution in [0.3, 0.4) is 0 Å². The molecule has 2 heterocycles. The summed E-state index contributed by atoms with van der Waals surface area (Å²) in [5.41, 5.74) is -0.515. The summed E-state index contributed by atoms with van der Waals surface area (Å²) in [7, 11) is 1.42. The standard InChI is InChI=1S/C14H17F3N2O3S/c1-8-9(2)23-12-10(8)11(20)18(6-7-22-3)13(21)19(12)5-4-14(15,16)17/h4-7H2,1-3H3. The molecule has 2 aromatic heterocycles. The number of hydrogen-bond donors (Lipinski definition) is 0. The molecule has 2 aromatic rings. The zero-order valence-corrected chi connectivity index (χ0v) is 13.8. The van der Waals surface area contributed by atoms with Gasteiger partial charge in [0.2, 0.25) is 0 Å². The molecule has 128 valence electrons. The predicted octanol–water partition coefficient (Wildman–Crippen LogP) is 2.44. The highest BCUT2D eigenvalue weighted by atomic mass is 32.1. The molecule has 23 heavy (non-hydrogen) atoms. The topological polar surface area (TPSA) is 53.2 Å². The summed E-state index contributed by atoms with van der Waals surface area (Å²) in [6.45, 7) is 3.13. The second-order valence-electron chi connectivity index (χ2n) is 5.21. The lowest BCUT2D eigenvalue weighted by Gasteiger charge is -2.13. The number of thiophene rings is 1. The van der Waals surface area contributed by atoms with E-state index in [2.05, 4.69) is 0 Å². The van der Waals surface area contributed by atoms with Crippen molar-refractivity contribution >= 4 is 21.6 Å². The lowest BCUT2D eigenvalue weighted by Crippen LogP contribution is -2.41. The Morgan fingerprint density at radius 3 is 2.35 bits per heavy atom. The Labute approximate surface area is 133 Å². The molecule has 0 N–H and O–H groups in total. The third-order valence-corrected chi connectivity index (χ3v) is 4.90. The van der Waals surface area contributed by atoms with Crippen molar-refractivity contribution in [2.75, 3.05) is 13.7 Å². The first-order valence-electron chi connectivity index (χ1n) is 6.96. The molecular weight excluding hydrogens is 333 g/mol. The Morgan fingerprint density at radius 2 is 1.78 bits per heavy atom. The van der Waals surface area contributed by atoms with Gasteiger partial charge in [-0.2, -0.15) is 13.2 Å². The minimum absolute atomic E-state index is 0.00442. The van der Waals surface area contributed by atoms with Crippen molar-refractivity contribution in [3.05, 3.63) is 31.3 Å². The third kappa shape index (κ3) is 3.50. The predicted molar refractivity (Wildman–Crippen MR) is 82.4 cm³/mol. The first-order chi connectivity index (χ1) is 10.7. The van der Waals surface area contributed by atoms with E-state index in [1.165, 1.54) is 18.4 Å². The molecule has 9 heteroatoms. The third-order valence-electron chi connectivity index (χ3n) is 3.67. The van der Waals surface area contributed by atoms with E-state index in [9.17, 15) is 22.8 Å². The first-order valence-corrected chi connectivity index (χ1v) is 7.78. The van der Waals surface area contributed by atoms with Gasteiger partial charge in [-0.05, 0) is 19.4 Å². The molecule has 0 unspecified atom stereocenters. The average molecular weight is 350 g/mol. The summed E-state index contributed by atoms with van der Waals surface area (Å²) < 4.78 is 44.5. The fourth-order valence-corrected chi connectivity index (χ4v) is 3.49. The normalized spacial score (nSPS) is 12.3. The van der Waals surface area contributed by atoms with Crippen LogP contribution in [-0.4, -0.2) is 29.0 Å². The van der Waals surface area contributed by atoms with Gasteiger partial charge in [0.15, 0.2) is 0 Å². The number of halogens is 3. The number of methoxy groups -OCH3 is 1. The number of nitrogens with zero attached hydrogens (tertiary/aromatic N) is 2. The van der Waals surface area contributed by atoms with Crippen molar-refractivity contribution in [3.8, 4) is 0 Å². The maximum atomic E-state index is 12.5. The van der Waals surface area contributed by atoms with Crippen molar-refractivity contribution in [1.82, 2.24) is 9.13 Å². The van der Waals surface area contributed by atoms with Crippen LogP contribution in [0.2, 0.25) is 0 Å². The molecule has 0 aliphatic heterocycles. The molecule has 2 rings (SSSR count). The van der Waals surface area contributed by atoms with Gasteiger partial charge in [0, 0.05) is 18.5 Å². The highest BCUT2D eigenvalue weighted by molar-refractivity contribution is 7.18. The van der Waals surface area contributed by atoms with E-state index < -0.39 is 30.4 Å². The fourth-order valence-electron chi connectivity index (χ4n) is 2.32. The van der Waals surface area contributed by atoms with Crippen LogP contribution in [0.5, 0.6) is 0 Å². The summed E-state index contributed by atoms with van der Waals surface area (Å²) in [6.07, 6.45) is -5.50. The van der Waals surface area contributed by atoms with Gasteiger partial charge >= 0.3 is 11.9 Å². The van der Waals surface area contributed by atoms with Crippen LogP contribution in [0.25, 0.3) is 10.2 Å². The lowest BCUT2D eigenvalue weighted by molar-refractivity contribution is -0.136. The maximum Gasteiger partial charge on any atom is 0.390 e. The van der Waals surface area contributed by atoms with Crippen molar-refractivity contribution in [2.24, 2.45) is 0 Å². The zero-order chi connectivity index (χ0) is 17.4. The van der Waals surface area contributed by atoms with Crippen molar-refractivity contribution in [3.63, 3.8) is 0 Å². The summed E-state index contributed by atoms with van der Waals surface area (Å²) in [6, 6.07) is 0. The summed E-state index contributed by atoms with van der Waals surface area (Å²) in [5.74, 6) is 0. The van der Waals surface area contributed by atoms with Crippen LogP contribution >= 0.6 is 11.3 Å². The molecule has 0 atom stereocenters. The van der Waals surface area contributed by atoms with Gasteiger partial charge < -0.3 is 4.74 Å². The van der Waals surface area contributed by atoms with Gasteiger partial charge in [0.05, 0.1) is 25.0 Å². The van der Waals surface area contributed by atoms with Crippen LogP contribution in [0, 0.1) is 13.8 Å². The number of aryl methyl sites for hydroxylation is 3. The number of ether oxygens (including phenoxy) is 1. The van der Waals surface area contributed by atoms with E-state index in [4.69, 9.17) is 4.74 Å². The number of alkyl halides is 3. The molecular formula is C14H17F3N2O3S. The minimum Gasteiger partial charge on any atom is -0.383 e. The monoisotopic (exact) mass is 350 g/mol. The highest BCUT2D eigenvalue weighted by Crippen LogP contribution is 2.28. The van der Waals surface area contributed by atoms with Crippen LogP contribution in [-0.2, 0) is 17.8 Å². The Kier molecular flexibility index (Phi) is 5.00. The Balaban J connectivity index is 2.70. The van der Waals surface area contributed by atoms with E-state index in [-0.39, 0.29) is 13.2 Å². The smallest absolute Gasteiger partial charge is 0.383 e. The van der Waals surface area contributed by atoms with Crippen molar-refractivity contribution < 1.29 is 17.9 Å². The number of fused-ring (bicyclic) bond motifs is 1. The van der Waals surface area contributed by atoms with Crippen LogP contribution in [0.1, 0.15) is 16.9 Å². The van der Waals surface area contributed by atoms with Crippen molar-refractivity contribution in [2.45, 2.75) is 39.5 Å². The molecule has 0 aliphatic carbocycles. The lowest BCUT2D eigenvalue weighted by atomic mass is 10.2. The largest absolute Gasteiger partial charge is 0.390 e. The van der Waals surface area contributed by atoms with E-state index in [1.54, 1.807) is 13.8 Å². The molecule has 0 saturated carbocycles. The van der Waals surface area contributed by atoms with E-state index >= 15 is 0 Å². The van der Waals surface area contributed by atoms with Gasteiger partial charge in [-0.3, -0.25) is 13.9 Å². The van der Waals surface area contributed by atoms with Gasteiger partial charge in [-0.1, -0.05) is 0 Å². The molecule has 0 saturated heterocycles. The summed E-state index contributed by atoms with van der Waals surface area (Å²) >= 11 is 1.17. The minimum atomic E-state index is -4.37. The molecule has 0 bridgehead atoms. The quantitative estimate of drug-likeness (QED) is 0.832. The van der Waals surface area contributed by atoms with Gasteiger partial charge in [0.25, 0.3) is 5.56 Å². The summed E-state index contributed by atoms with van der Waals surface area (Å²) in [4.78, 5) is 26.1. The molecule has 0 aromatic carbocycles. The van der Waals surface area contributed by atoms with Crippen LogP contribution < -0.4 is 11.2 Å². The van der Waals surface area contributed by atoms with Gasteiger partial charge in [0.1, 0.15) is 4.83 Å². The summed E-state index contributed by atoms with van der Waals surface area (Å²) in [5, 5.41) is 0.311. The van der Waals surface area contributed by atoms with E-state index in [0.717, 1.165) is 14.0 Å². The van der Waals surface area contributed by atoms with Gasteiger partial charge in [-0.25, -0.2) is 4.79 Å². The Hall–Kier alpha value is -1.61. The Bertz CT molecular complexity index is 833. The molecule has 0 aliphatic rings. The number of aromatic nitrogens is 2. The molecule has 0 amide bonds. The molecule has 0 fully saturated rings. The maximum absolute atomic E-state index is 12.5. The SMILES string of the molecule is COCCn1c(=O)c2c(C)c(C)sc2n(CCC(F)(F)F)c1=O. The second-order valence-corrected chi connectivity index (χ2v) is 6.42. The van der Waals surface area contributed by atoms with Crippen molar-refractivity contribution in [1.29, 1.82) is 0 Å². The molecule has 0 spiro atoms. The Morgan fingerprint density at radius 1 is 1.13 bits per heavy atom. The highest BCUT2D eigenvalue weighted by Gasteiger charge is 2.28. The van der Waals surface area contributed by atoms with Crippen LogP contribution in [0.4, 0.5) is 13.2 Å².